The van der Waals surface area contributed by atoms with E-state index < -0.39 is 15.6 Å². The molecule has 0 radical (unpaired) electrons. The van der Waals surface area contributed by atoms with Crippen LogP contribution < -0.4 is 15.8 Å². The summed E-state index contributed by atoms with van der Waals surface area (Å²) in [7, 11) is -3.66. The van der Waals surface area contributed by atoms with E-state index in [9.17, 15) is 18.0 Å². The second-order valence-electron chi connectivity index (χ2n) is 8.74. The number of imidazole rings is 1. The van der Waals surface area contributed by atoms with Gasteiger partial charge in [-0.1, -0.05) is 12.1 Å². The predicted octanol–water partition coefficient (Wildman–Crippen LogP) is 1.61. The monoisotopic (exact) mass is 496 g/mol. The van der Waals surface area contributed by atoms with Crippen LogP contribution in [0.4, 0.5) is 0 Å². The van der Waals surface area contributed by atoms with E-state index >= 15 is 0 Å². The number of benzene rings is 1. The summed E-state index contributed by atoms with van der Waals surface area (Å²) in [4.78, 5) is 32.7. The van der Waals surface area contributed by atoms with Crippen molar-refractivity contribution < 1.29 is 22.7 Å². The molecule has 0 unspecified atom stereocenters. The number of hydrogen-bond donors (Lipinski definition) is 2. The Bertz CT molecular complexity index is 1460. The van der Waals surface area contributed by atoms with Gasteiger partial charge in [0.15, 0.2) is 5.78 Å². The third-order valence-corrected chi connectivity index (χ3v) is 6.35. The minimum absolute atomic E-state index is 0.0800. The Kier molecular flexibility index (Phi) is 6.15. The number of amides is 1. The van der Waals surface area contributed by atoms with Gasteiger partial charge in [-0.2, -0.15) is 0 Å². The van der Waals surface area contributed by atoms with Gasteiger partial charge in [0.1, 0.15) is 36.0 Å². The summed E-state index contributed by atoms with van der Waals surface area (Å²) in [5.41, 5.74) is 6.69. The molecular formula is C23H24N6O5S. The van der Waals surface area contributed by atoms with Crippen molar-refractivity contribution in [2.45, 2.75) is 32.1 Å². The van der Waals surface area contributed by atoms with Gasteiger partial charge in [0.2, 0.25) is 0 Å². The van der Waals surface area contributed by atoms with E-state index in [2.05, 4.69) is 19.7 Å². The van der Waals surface area contributed by atoms with Gasteiger partial charge in [0.05, 0.1) is 16.9 Å². The first-order valence-electron chi connectivity index (χ1n) is 10.6. The van der Waals surface area contributed by atoms with E-state index in [1.165, 1.54) is 19.4 Å². The fourth-order valence-electron chi connectivity index (χ4n) is 3.54. The summed E-state index contributed by atoms with van der Waals surface area (Å²) in [5.74, 6) is -0.0817. The molecule has 1 aromatic carbocycles. The molecular weight excluding hydrogens is 472 g/mol. The number of fused-ring (bicyclic) bond motifs is 1. The van der Waals surface area contributed by atoms with Gasteiger partial charge in [-0.3, -0.25) is 14.2 Å². The van der Waals surface area contributed by atoms with E-state index in [1.807, 2.05) is 0 Å². The lowest BCUT2D eigenvalue weighted by Crippen LogP contribution is -2.48. The van der Waals surface area contributed by atoms with Crippen LogP contribution in [-0.2, 0) is 15.8 Å². The van der Waals surface area contributed by atoms with Crippen LogP contribution in [0.2, 0.25) is 0 Å². The number of aromatic nitrogens is 3. The number of rotatable bonds is 7. The molecule has 0 aliphatic carbocycles. The van der Waals surface area contributed by atoms with Gasteiger partial charge in [-0.15, -0.1) is 4.40 Å². The largest absolute Gasteiger partial charge is 0.490 e. The van der Waals surface area contributed by atoms with Gasteiger partial charge in [0.25, 0.3) is 15.9 Å². The molecule has 0 spiro atoms. The Balaban J connectivity index is 1.47. The first kappa shape index (κ1) is 24.1. The van der Waals surface area contributed by atoms with Crippen LogP contribution in [0.3, 0.4) is 0 Å². The average Bonchev–Trinajstić information content (AvgIpc) is 3.27. The second kappa shape index (κ2) is 8.95. The molecule has 0 fully saturated rings. The van der Waals surface area contributed by atoms with Gasteiger partial charge >= 0.3 is 0 Å². The fourth-order valence-corrected chi connectivity index (χ4v) is 4.63. The normalized spacial score (nSPS) is 14.5. The van der Waals surface area contributed by atoms with E-state index in [0.29, 0.717) is 34.0 Å². The molecule has 35 heavy (non-hydrogen) atoms. The van der Waals surface area contributed by atoms with E-state index in [-0.39, 0.29) is 29.9 Å². The molecule has 1 amide bonds. The lowest BCUT2D eigenvalue weighted by Gasteiger charge is -2.27. The average molecular weight is 497 g/mol. The van der Waals surface area contributed by atoms with E-state index in [0.717, 1.165) is 0 Å². The first-order valence-corrected chi connectivity index (χ1v) is 12.2. The Labute approximate surface area is 202 Å². The molecule has 0 atom stereocenters. The lowest BCUT2D eigenvalue weighted by atomic mass is 10.0. The lowest BCUT2D eigenvalue weighted by molar-refractivity contribution is 0.0880. The summed E-state index contributed by atoms with van der Waals surface area (Å²) < 4.78 is 34.8. The van der Waals surface area contributed by atoms with Gasteiger partial charge in [-0.25, -0.2) is 18.4 Å². The quantitative estimate of drug-likeness (QED) is 0.467. The standard InChI is InChI=1S/C23H24N6O5S/c1-14(30)17-10-29(13-26-17)19-9-15(7-8-25-19)22(31)27-23(2,3)12-34-18-6-4-5-16-11-35(32,33)28-21(24)20(16)18/h4-10,13H,11-12H2,1-3H3,(H2,24,28)(H,27,31). The highest BCUT2D eigenvalue weighted by atomic mass is 32.2. The second-order valence-corrected chi connectivity index (χ2v) is 10.4. The van der Waals surface area contributed by atoms with Crippen molar-refractivity contribution in [1.82, 2.24) is 19.9 Å². The van der Waals surface area contributed by atoms with Crippen LogP contribution >= 0.6 is 0 Å². The zero-order chi connectivity index (χ0) is 25.4. The molecule has 3 heterocycles. The number of pyridine rings is 1. The summed E-state index contributed by atoms with van der Waals surface area (Å²) in [6.45, 7) is 5.08. The van der Waals surface area contributed by atoms with Crippen molar-refractivity contribution >= 4 is 27.5 Å². The van der Waals surface area contributed by atoms with Gasteiger partial charge < -0.3 is 15.8 Å². The van der Waals surface area contributed by atoms with Crippen LogP contribution in [0, 0.1) is 0 Å². The number of nitrogens with two attached hydrogens (primary N) is 1. The minimum atomic E-state index is -3.66. The van der Waals surface area contributed by atoms with E-state index in [1.54, 1.807) is 54.9 Å². The number of sulfonamides is 1. The Morgan fingerprint density at radius 2 is 2.00 bits per heavy atom. The number of carbonyl (C=O) groups excluding carboxylic acids is 2. The fraction of sp³-hybridized carbons (Fsp3) is 0.261. The molecule has 182 valence electrons. The number of ketones is 1. The number of carbonyl (C=O) groups is 2. The highest BCUT2D eigenvalue weighted by Crippen LogP contribution is 2.28. The van der Waals surface area contributed by atoms with Crippen molar-refractivity contribution in [2.75, 3.05) is 6.61 Å². The third-order valence-electron chi connectivity index (χ3n) is 5.20. The van der Waals surface area contributed by atoms with E-state index in [4.69, 9.17) is 10.5 Å². The number of amidine groups is 1. The van der Waals surface area contributed by atoms with Crippen molar-refractivity contribution in [1.29, 1.82) is 0 Å². The highest BCUT2D eigenvalue weighted by Gasteiger charge is 2.27. The summed E-state index contributed by atoms with van der Waals surface area (Å²) in [6, 6.07) is 8.17. The molecule has 2 aromatic heterocycles. The minimum Gasteiger partial charge on any atom is -0.490 e. The number of Topliss-reactive ketones (excluding diaryl/α,β-unsaturated/α-hetero) is 1. The molecule has 0 bridgehead atoms. The highest BCUT2D eigenvalue weighted by molar-refractivity contribution is 7.89. The molecule has 3 N–H and O–H groups in total. The third kappa shape index (κ3) is 5.38. The number of nitrogens with one attached hydrogen (secondary N) is 1. The molecule has 1 aliphatic heterocycles. The first-order chi connectivity index (χ1) is 16.4. The van der Waals surface area contributed by atoms with Gasteiger partial charge in [0, 0.05) is 24.9 Å². The topological polar surface area (TPSA) is 159 Å². The summed E-state index contributed by atoms with van der Waals surface area (Å²) in [5, 5.41) is 2.92. The molecule has 12 heteroatoms. The van der Waals surface area contributed by atoms with Crippen molar-refractivity contribution in [3.63, 3.8) is 0 Å². The zero-order valence-corrected chi connectivity index (χ0v) is 20.2. The maximum Gasteiger partial charge on any atom is 0.259 e. The molecule has 3 aromatic rings. The maximum absolute atomic E-state index is 12.9. The number of nitrogens with zero attached hydrogens (tertiary/aromatic N) is 4. The van der Waals surface area contributed by atoms with Crippen LogP contribution in [-0.4, -0.2) is 52.6 Å². The SMILES string of the molecule is CC(=O)c1cn(-c2cc(C(=O)NC(C)(C)COc3cccc4c3C(N)=NS(=O)(=O)C4)ccn2)cn1. The molecule has 11 nitrogen and oxygen atoms in total. The van der Waals surface area contributed by atoms with Crippen LogP contribution in [0.1, 0.15) is 52.7 Å². The molecule has 0 saturated heterocycles. The van der Waals surface area contributed by atoms with Crippen molar-refractivity contribution in [3.8, 4) is 11.6 Å². The Hall–Kier alpha value is -4.06. The van der Waals surface area contributed by atoms with Crippen molar-refractivity contribution in [2.24, 2.45) is 10.1 Å². The van der Waals surface area contributed by atoms with Crippen LogP contribution in [0.15, 0.2) is 53.5 Å². The Morgan fingerprint density at radius 1 is 1.23 bits per heavy atom. The molecule has 1 aliphatic rings. The molecule has 0 saturated carbocycles. The van der Waals surface area contributed by atoms with Gasteiger partial charge in [-0.05, 0) is 37.6 Å². The zero-order valence-electron chi connectivity index (χ0n) is 19.3. The number of ether oxygens (including phenoxy) is 1. The van der Waals surface area contributed by atoms with Crippen molar-refractivity contribution in [3.05, 3.63) is 71.4 Å². The van der Waals surface area contributed by atoms with Crippen LogP contribution in [0.5, 0.6) is 5.75 Å². The molecule has 4 rings (SSSR count). The smallest absolute Gasteiger partial charge is 0.259 e. The summed E-state index contributed by atoms with van der Waals surface area (Å²) in [6.07, 6.45) is 4.50. The maximum atomic E-state index is 12.9. The van der Waals surface area contributed by atoms with Crippen LogP contribution in [0.25, 0.3) is 5.82 Å². The Morgan fingerprint density at radius 3 is 2.71 bits per heavy atom. The number of hydrogen-bond acceptors (Lipinski definition) is 8. The summed E-state index contributed by atoms with van der Waals surface area (Å²) >= 11 is 0. The predicted molar refractivity (Wildman–Crippen MR) is 128 cm³/mol.